The molecule has 0 amide bonds. The molecule has 0 spiro atoms. The lowest BCUT2D eigenvalue weighted by atomic mass is 10.0. The van der Waals surface area contributed by atoms with Crippen LogP contribution in [0.1, 0.15) is 30.0 Å². The molecule has 126 valence electrons. The van der Waals surface area contributed by atoms with Crippen molar-refractivity contribution in [1.82, 2.24) is 0 Å². The Balaban J connectivity index is 2.00. The van der Waals surface area contributed by atoms with Crippen molar-refractivity contribution in [3.63, 3.8) is 0 Å². The largest absolute Gasteiger partial charge is 0.205 e. The first-order chi connectivity index (χ1) is 12.0. The van der Waals surface area contributed by atoms with Crippen molar-refractivity contribution in [2.24, 2.45) is 0 Å². The van der Waals surface area contributed by atoms with Crippen molar-refractivity contribution in [3.8, 4) is 11.8 Å². The highest BCUT2D eigenvalue weighted by Gasteiger charge is 2.09. The summed E-state index contributed by atoms with van der Waals surface area (Å²) in [6.07, 6.45) is 1.96. The van der Waals surface area contributed by atoms with E-state index >= 15 is 0 Å². The molecule has 0 aliphatic carbocycles. The van der Waals surface area contributed by atoms with Gasteiger partial charge in [0.1, 0.15) is 22.5 Å². The van der Waals surface area contributed by atoms with Crippen molar-refractivity contribution in [2.75, 3.05) is 0 Å². The zero-order valence-electron chi connectivity index (χ0n) is 13.5. The van der Waals surface area contributed by atoms with Gasteiger partial charge in [-0.2, -0.15) is 0 Å². The van der Waals surface area contributed by atoms with Crippen molar-refractivity contribution in [1.29, 1.82) is 0 Å². The van der Waals surface area contributed by atoms with Crippen molar-refractivity contribution < 1.29 is 13.2 Å². The SMILES string of the molecule is CCCc1ccc2c(F)c(C#Cc3cc(F)c(Cl)c(F)c3)ccc2c1. The predicted octanol–water partition coefficient (Wildman–Crippen LogP) is 6.26. The Kier molecular flexibility index (Phi) is 5.01. The van der Waals surface area contributed by atoms with Crippen LogP contribution in [-0.4, -0.2) is 0 Å². The summed E-state index contributed by atoms with van der Waals surface area (Å²) in [4.78, 5) is 0. The van der Waals surface area contributed by atoms with Gasteiger partial charge >= 0.3 is 0 Å². The van der Waals surface area contributed by atoms with Crippen LogP contribution in [0.5, 0.6) is 0 Å². The van der Waals surface area contributed by atoms with Crippen LogP contribution in [0.25, 0.3) is 10.8 Å². The number of rotatable bonds is 2. The standard InChI is InChI=1S/C21H14ClF3/c1-2-3-13-5-9-17-16(10-13)8-7-15(21(17)25)6-4-14-11-18(23)20(22)19(24)12-14/h5,7-12H,2-3H2,1H3. The van der Waals surface area contributed by atoms with Gasteiger partial charge in [-0.1, -0.05) is 61.1 Å². The predicted molar refractivity (Wildman–Crippen MR) is 95.2 cm³/mol. The van der Waals surface area contributed by atoms with E-state index in [-0.39, 0.29) is 11.1 Å². The molecule has 3 aromatic rings. The molecule has 0 aliphatic rings. The number of benzene rings is 3. The number of aryl methyl sites for hydroxylation is 1. The number of hydrogen-bond acceptors (Lipinski definition) is 0. The minimum atomic E-state index is -0.895. The van der Waals surface area contributed by atoms with Crippen molar-refractivity contribution >= 4 is 22.4 Å². The summed E-state index contributed by atoms with van der Waals surface area (Å²) >= 11 is 5.43. The maximum atomic E-state index is 14.6. The molecule has 3 rings (SSSR count). The smallest absolute Gasteiger partial charge is 0.146 e. The van der Waals surface area contributed by atoms with E-state index in [0.29, 0.717) is 5.39 Å². The molecule has 0 radical (unpaired) electrons. The van der Waals surface area contributed by atoms with Gasteiger partial charge in [-0.05, 0) is 35.6 Å². The summed E-state index contributed by atoms with van der Waals surface area (Å²) < 4.78 is 41.5. The highest BCUT2D eigenvalue weighted by atomic mass is 35.5. The molecule has 0 saturated heterocycles. The molecular formula is C21H14ClF3. The van der Waals surface area contributed by atoms with E-state index in [9.17, 15) is 13.2 Å². The maximum absolute atomic E-state index is 14.6. The fourth-order valence-corrected chi connectivity index (χ4v) is 2.76. The van der Waals surface area contributed by atoms with E-state index in [1.165, 1.54) is 0 Å². The summed E-state index contributed by atoms with van der Waals surface area (Å²) in [5, 5.41) is 0.697. The lowest BCUT2D eigenvalue weighted by Gasteiger charge is -2.05. The Morgan fingerprint density at radius 2 is 1.64 bits per heavy atom. The molecule has 3 aromatic carbocycles. The Morgan fingerprint density at radius 3 is 2.32 bits per heavy atom. The van der Waals surface area contributed by atoms with Gasteiger partial charge in [0.25, 0.3) is 0 Å². The molecule has 0 heterocycles. The summed E-state index contributed by atoms with van der Waals surface area (Å²) in [5.41, 5.74) is 1.42. The van der Waals surface area contributed by atoms with Crippen LogP contribution < -0.4 is 0 Å². The second-order valence-corrected chi connectivity index (χ2v) is 6.11. The monoisotopic (exact) mass is 358 g/mol. The minimum Gasteiger partial charge on any atom is -0.205 e. The number of fused-ring (bicyclic) bond motifs is 1. The first-order valence-corrected chi connectivity index (χ1v) is 8.25. The average Bonchev–Trinajstić information content (AvgIpc) is 2.59. The van der Waals surface area contributed by atoms with Crippen LogP contribution in [0.2, 0.25) is 5.02 Å². The molecule has 0 nitrogen and oxygen atoms in total. The van der Waals surface area contributed by atoms with E-state index in [1.807, 2.05) is 12.1 Å². The molecule has 0 bridgehead atoms. The van der Waals surface area contributed by atoms with Crippen LogP contribution in [0.3, 0.4) is 0 Å². The molecule has 0 fully saturated rings. The van der Waals surface area contributed by atoms with E-state index in [4.69, 9.17) is 11.6 Å². The van der Waals surface area contributed by atoms with Gasteiger partial charge in [-0.25, -0.2) is 13.2 Å². The van der Waals surface area contributed by atoms with E-state index in [1.54, 1.807) is 18.2 Å². The van der Waals surface area contributed by atoms with Crippen LogP contribution in [0, 0.1) is 29.3 Å². The highest BCUT2D eigenvalue weighted by molar-refractivity contribution is 6.30. The number of hydrogen-bond donors (Lipinski definition) is 0. The van der Waals surface area contributed by atoms with E-state index < -0.39 is 22.5 Å². The lowest BCUT2D eigenvalue weighted by Crippen LogP contribution is -1.90. The third kappa shape index (κ3) is 3.65. The Morgan fingerprint density at radius 1 is 0.920 bits per heavy atom. The molecule has 25 heavy (non-hydrogen) atoms. The fraction of sp³-hybridized carbons (Fsp3) is 0.143. The molecule has 4 heteroatoms. The van der Waals surface area contributed by atoms with Crippen LogP contribution in [-0.2, 0) is 6.42 Å². The Hall–Kier alpha value is -2.44. The number of halogens is 4. The van der Waals surface area contributed by atoms with E-state index in [0.717, 1.165) is 35.9 Å². The van der Waals surface area contributed by atoms with Gasteiger partial charge in [0, 0.05) is 10.9 Å². The molecule has 0 aliphatic heterocycles. The van der Waals surface area contributed by atoms with Gasteiger partial charge in [0.05, 0.1) is 5.56 Å². The Labute approximate surface area is 149 Å². The van der Waals surface area contributed by atoms with Crippen molar-refractivity contribution in [3.05, 3.63) is 81.6 Å². The average molecular weight is 359 g/mol. The Bertz CT molecular complexity index is 990. The lowest BCUT2D eigenvalue weighted by molar-refractivity contribution is 0.583. The molecule has 0 aromatic heterocycles. The summed E-state index contributed by atoms with van der Waals surface area (Å²) in [6, 6.07) is 11.0. The fourth-order valence-electron chi connectivity index (χ4n) is 2.65. The zero-order chi connectivity index (χ0) is 18.0. The van der Waals surface area contributed by atoms with Gasteiger partial charge in [0.2, 0.25) is 0 Å². The molecule has 0 saturated carbocycles. The third-order valence-electron chi connectivity index (χ3n) is 3.88. The first-order valence-electron chi connectivity index (χ1n) is 7.87. The molecule has 0 N–H and O–H groups in total. The van der Waals surface area contributed by atoms with Gasteiger partial charge in [0.15, 0.2) is 0 Å². The van der Waals surface area contributed by atoms with Crippen LogP contribution in [0.15, 0.2) is 42.5 Å². The highest BCUT2D eigenvalue weighted by Crippen LogP contribution is 2.23. The topological polar surface area (TPSA) is 0 Å². The zero-order valence-corrected chi connectivity index (χ0v) is 14.2. The third-order valence-corrected chi connectivity index (χ3v) is 4.24. The summed E-state index contributed by atoms with van der Waals surface area (Å²) in [6.45, 7) is 2.09. The van der Waals surface area contributed by atoms with Gasteiger partial charge in [-0.3, -0.25) is 0 Å². The minimum absolute atomic E-state index is 0.0946. The second kappa shape index (κ2) is 7.21. The van der Waals surface area contributed by atoms with Gasteiger partial charge < -0.3 is 0 Å². The second-order valence-electron chi connectivity index (χ2n) is 5.74. The summed E-state index contributed by atoms with van der Waals surface area (Å²) in [7, 11) is 0. The molecule has 0 atom stereocenters. The van der Waals surface area contributed by atoms with E-state index in [2.05, 4.69) is 18.8 Å². The van der Waals surface area contributed by atoms with Crippen molar-refractivity contribution in [2.45, 2.75) is 19.8 Å². The normalized spacial score (nSPS) is 10.6. The molecular weight excluding hydrogens is 345 g/mol. The van der Waals surface area contributed by atoms with Crippen LogP contribution in [0.4, 0.5) is 13.2 Å². The first kappa shape index (κ1) is 17.4. The summed E-state index contributed by atoms with van der Waals surface area (Å²) in [5.74, 6) is 2.98. The van der Waals surface area contributed by atoms with Gasteiger partial charge in [-0.15, -0.1) is 0 Å². The molecule has 0 unspecified atom stereocenters. The maximum Gasteiger partial charge on any atom is 0.146 e. The van der Waals surface area contributed by atoms with Crippen LogP contribution >= 0.6 is 11.6 Å². The quantitative estimate of drug-likeness (QED) is 0.374.